The molecule has 0 aliphatic carbocycles. The molecule has 1 spiro atoms. The number of benzene rings is 2. The highest BCUT2D eigenvalue weighted by Crippen LogP contribution is 2.40. The molecule has 0 bridgehead atoms. The first-order chi connectivity index (χ1) is 23.5. The third-order valence-corrected chi connectivity index (χ3v) is 10.7. The molecule has 2 unspecified atom stereocenters. The molecule has 1 aromatic heterocycles. The smallest absolute Gasteiger partial charge is 0.407 e. The molecular weight excluding hydrogens is 663 g/mol. The van der Waals surface area contributed by atoms with E-state index < -0.39 is 39.0 Å². The molecule has 6 rings (SSSR count). The highest BCUT2D eigenvalue weighted by atomic mass is 32.2. The lowest BCUT2D eigenvalue weighted by Crippen LogP contribution is -2.46. The van der Waals surface area contributed by atoms with Gasteiger partial charge in [0.05, 0.1) is 47.8 Å². The number of carbonyl (C=O) groups is 1. The van der Waals surface area contributed by atoms with Gasteiger partial charge in [-0.2, -0.15) is 18.0 Å². The maximum Gasteiger partial charge on any atom is 0.407 e. The lowest BCUT2D eigenvalue weighted by molar-refractivity contribution is -0.162. The number of aromatic nitrogens is 2. The van der Waals surface area contributed by atoms with Gasteiger partial charge in [0.1, 0.15) is 17.4 Å². The van der Waals surface area contributed by atoms with Gasteiger partial charge in [-0.3, -0.25) is 14.1 Å². The maximum absolute atomic E-state index is 15.1. The van der Waals surface area contributed by atoms with Gasteiger partial charge in [-0.1, -0.05) is 0 Å². The van der Waals surface area contributed by atoms with E-state index >= 15 is 4.39 Å². The van der Waals surface area contributed by atoms with Crippen molar-refractivity contribution in [2.75, 3.05) is 51.2 Å². The molecule has 262 valence electrons. The van der Waals surface area contributed by atoms with Gasteiger partial charge in [0.2, 0.25) is 0 Å². The van der Waals surface area contributed by atoms with Crippen molar-refractivity contribution in [1.29, 1.82) is 5.26 Å². The van der Waals surface area contributed by atoms with Crippen LogP contribution in [0.2, 0.25) is 0 Å². The molecule has 3 saturated heterocycles. The molecular formula is C32H37FN6O9S. The predicted molar refractivity (Wildman–Crippen MR) is 173 cm³/mol. The summed E-state index contributed by atoms with van der Waals surface area (Å²) in [5, 5.41) is 19.4. The molecule has 3 aliphatic rings. The van der Waals surface area contributed by atoms with E-state index in [4.69, 9.17) is 18.9 Å². The van der Waals surface area contributed by atoms with Crippen molar-refractivity contribution >= 4 is 32.9 Å². The average Bonchev–Trinajstić information content (AvgIpc) is 3.49. The Balaban J connectivity index is 1.18. The summed E-state index contributed by atoms with van der Waals surface area (Å²) in [4.78, 5) is 30.8. The van der Waals surface area contributed by atoms with Gasteiger partial charge in [-0.05, 0) is 68.9 Å². The molecule has 2 N–H and O–H groups in total. The van der Waals surface area contributed by atoms with Crippen molar-refractivity contribution in [1.82, 2.24) is 18.8 Å². The van der Waals surface area contributed by atoms with Crippen LogP contribution in [0.15, 0.2) is 41.5 Å². The number of nitrogens with one attached hydrogen (secondary N) is 1. The van der Waals surface area contributed by atoms with Crippen molar-refractivity contribution in [3.8, 4) is 17.6 Å². The molecule has 49 heavy (non-hydrogen) atoms. The number of ether oxygens (including phenoxy) is 4. The minimum atomic E-state index is -4.17. The maximum atomic E-state index is 15.1. The Morgan fingerprint density at radius 2 is 2.06 bits per heavy atom. The number of hydrogen-bond acceptors (Lipinski definition) is 10. The van der Waals surface area contributed by atoms with Crippen molar-refractivity contribution < 1.29 is 41.7 Å². The van der Waals surface area contributed by atoms with E-state index in [2.05, 4.69) is 9.71 Å². The first-order valence-electron chi connectivity index (χ1n) is 16.0. The van der Waals surface area contributed by atoms with Crippen molar-refractivity contribution in [3.05, 3.63) is 58.4 Å². The number of piperidine rings is 1. The highest BCUT2D eigenvalue weighted by molar-refractivity contribution is 7.90. The number of likely N-dealkylation sites (N-methyl/N-ethyl adjacent to an activating group) is 1. The minimum Gasteiger partial charge on any atom is -0.465 e. The second-order valence-corrected chi connectivity index (χ2v) is 14.1. The summed E-state index contributed by atoms with van der Waals surface area (Å²) >= 11 is 0. The summed E-state index contributed by atoms with van der Waals surface area (Å²) in [6.45, 7) is 1.63. The Morgan fingerprint density at radius 3 is 2.78 bits per heavy atom. The molecule has 0 radical (unpaired) electrons. The molecule has 2 aromatic carbocycles. The number of likely N-dealkylation sites (tertiary alicyclic amines) is 1. The van der Waals surface area contributed by atoms with Gasteiger partial charge < -0.3 is 29.0 Å². The summed E-state index contributed by atoms with van der Waals surface area (Å²) in [6, 6.07) is 7.97. The highest BCUT2D eigenvalue weighted by Gasteiger charge is 2.44. The van der Waals surface area contributed by atoms with Gasteiger partial charge >= 0.3 is 16.3 Å². The zero-order chi connectivity index (χ0) is 34.8. The van der Waals surface area contributed by atoms with E-state index in [1.807, 2.05) is 6.07 Å². The Kier molecular flexibility index (Phi) is 10.0. The van der Waals surface area contributed by atoms with Gasteiger partial charge in [-0.15, -0.1) is 0 Å². The minimum absolute atomic E-state index is 0.00157. The topological polar surface area (TPSA) is 186 Å². The third-order valence-electron chi connectivity index (χ3n) is 9.22. The fraction of sp³-hybridized carbons (Fsp3) is 0.500. The summed E-state index contributed by atoms with van der Waals surface area (Å²) < 4.78 is 69.1. The van der Waals surface area contributed by atoms with Crippen molar-refractivity contribution in [3.63, 3.8) is 0 Å². The molecule has 0 saturated carbocycles. The zero-order valence-electron chi connectivity index (χ0n) is 26.8. The van der Waals surface area contributed by atoms with Crippen LogP contribution in [0.3, 0.4) is 0 Å². The Hall–Kier alpha value is -4.34. The second kappa shape index (κ2) is 14.3. The van der Waals surface area contributed by atoms with Gasteiger partial charge in [-0.25, -0.2) is 14.2 Å². The monoisotopic (exact) mass is 700 g/mol. The van der Waals surface area contributed by atoms with E-state index in [9.17, 15) is 28.4 Å². The van der Waals surface area contributed by atoms with Gasteiger partial charge in [0.15, 0.2) is 17.9 Å². The van der Waals surface area contributed by atoms with Crippen LogP contribution in [0.4, 0.5) is 14.9 Å². The van der Waals surface area contributed by atoms with Crippen molar-refractivity contribution in [2.45, 2.75) is 56.5 Å². The predicted octanol–water partition coefficient (Wildman–Crippen LogP) is 3.81. The molecule has 3 aliphatic heterocycles. The van der Waals surface area contributed by atoms with Crippen molar-refractivity contribution in [2.24, 2.45) is 0 Å². The van der Waals surface area contributed by atoms with Crippen LogP contribution in [-0.4, -0.2) is 96.8 Å². The van der Waals surface area contributed by atoms with E-state index in [1.54, 1.807) is 0 Å². The second-order valence-electron chi connectivity index (χ2n) is 12.4. The quantitative estimate of drug-likeness (QED) is 0.313. The Bertz CT molecular complexity index is 1920. The first kappa shape index (κ1) is 34.5. The van der Waals surface area contributed by atoms with Crippen LogP contribution in [0, 0.1) is 17.1 Å². The number of amides is 1. The molecule has 3 aromatic rings. The summed E-state index contributed by atoms with van der Waals surface area (Å²) in [5.41, 5.74) is -1.14. The molecule has 17 heteroatoms. The normalized spacial score (nSPS) is 20.8. The van der Waals surface area contributed by atoms with E-state index in [0.29, 0.717) is 44.5 Å². The number of anilines is 1. The number of halogens is 1. The standard InChI is InChI=1S/C32H37FN6O9S/c1-37(13-15-46-28-4-2-3-14-45-28)49(43,44)36-27-8-6-25(33)29(24(27)18-34)48-22-5-7-26-23(16-22)30(40)39(20-35-26)21-17-32(47-19-21)9-11-38(12-10-32)31(41)42/h5-8,16,20-21,28,36H,2-4,9-15,17,19H2,1H3,(H,41,42). The lowest BCUT2D eigenvalue weighted by Gasteiger charge is -2.37. The Labute approximate surface area is 281 Å². The number of carboxylic acid groups (broad SMARTS) is 1. The summed E-state index contributed by atoms with van der Waals surface area (Å²) in [7, 11) is -2.83. The molecule has 1 amide bonds. The lowest BCUT2D eigenvalue weighted by atomic mass is 9.87. The largest absolute Gasteiger partial charge is 0.465 e. The van der Waals surface area contributed by atoms with Gasteiger partial charge in [0.25, 0.3) is 5.56 Å². The SMILES string of the molecule is CN(CCOC1CCCCO1)S(=O)(=O)Nc1ccc(F)c(Oc2ccc3ncn(C4COC5(CCN(C(=O)O)CC5)C4)c(=O)c3c2)c1C#N. The van der Waals surface area contributed by atoms with Crippen LogP contribution in [0.25, 0.3) is 10.9 Å². The summed E-state index contributed by atoms with van der Waals surface area (Å²) in [6.07, 6.45) is 4.30. The number of nitrogens with zero attached hydrogens (tertiary/aromatic N) is 5. The van der Waals surface area contributed by atoms with Crippen LogP contribution >= 0.6 is 0 Å². The van der Waals surface area contributed by atoms with E-state index in [1.165, 1.54) is 41.0 Å². The Morgan fingerprint density at radius 1 is 1.27 bits per heavy atom. The molecule has 4 heterocycles. The number of fused-ring (bicyclic) bond motifs is 1. The number of rotatable bonds is 10. The zero-order valence-corrected chi connectivity index (χ0v) is 27.7. The average molecular weight is 701 g/mol. The summed E-state index contributed by atoms with van der Waals surface area (Å²) in [5.74, 6) is -1.41. The van der Waals surface area contributed by atoms with E-state index in [0.717, 1.165) is 35.7 Å². The third kappa shape index (κ3) is 7.48. The van der Waals surface area contributed by atoms with Crippen LogP contribution < -0.4 is 15.0 Å². The van der Waals surface area contributed by atoms with Gasteiger partial charge in [0, 0.05) is 33.3 Å². The van der Waals surface area contributed by atoms with Crippen LogP contribution in [0.5, 0.6) is 11.5 Å². The molecule has 15 nitrogen and oxygen atoms in total. The van der Waals surface area contributed by atoms with Crippen LogP contribution in [0.1, 0.15) is 50.1 Å². The fourth-order valence-electron chi connectivity index (χ4n) is 6.35. The number of hydrogen-bond donors (Lipinski definition) is 2. The first-order valence-corrected chi connectivity index (χ1v) is 17.4. The molecule has 3 fully saturated rings. The number of nitriles is 1. The fourth-order valence-corrected chi connectivity index (χ4v) is 7.27. The molecule has 2 atom stereocenters. The van der Waals surface area contributed by atoms with E-state index in [-0.39, 0.29) is 54.5 Å². The van der Waals surface area contributed by atoms with Crippen LogP contribution in [-0.2, 0) is 24.4 Å².